The van der Waals surface area contributed by atoms with Crippen LogP contribution in [0.4, 0.5) is 28.8 Å². The minimum absolute atomic E-state index is 0.0229. The number of nitrogens with zero attached hydrogens (tertiary/aromatic N) is 4. The second-order valence-corrected chi connectivity index (χ2v) is 10.5. The standard InChI is InChI=1S/C32H41N9O5/c1-5-15-34-29-26(20-35-32(39-29)38-23-13-11-22(12-14-23)28(33)44)31(46)37-25-9-6-8-24(19-25)36-30(45)21(2)41(4)27(43)10-7-16-40(3)17-18-42/h6-14,19-21,42H,5,15-18H2,1-4H3,(H2,33,44)(H,36,45)(H,37,46)(H2,34,35,38,39)/t21-/m0/s1. The van der Waals surface area contributed by atoms with Crippen molar-refractivity contribution in [1.82, 2.24) is 19.8 Å². The number of carbonyl (C=O) groups excluding carboxylic acids is 4. The number of primary amides is 1. The molecule has 1 aromatic heterocycles. The SMILES string of the molecule is CCCNc1nc(Nc2ccc(C(N)=O)cc2)ncc1C(=O)Nc1cccc(NC(=O)[C@H](C)N(C)C(=O)C=CCN(C)CCO)c1. The number of benzene rings is 2. The van der Waals surface area contributed by atoms with Gasteiger partial charge in [-0.15, -0.1) is 0 Å². The molecule has 1 atom stereocenters. The van der Waals surface area contributed by atoms with Crippen LogP contribution < -0.4 is 27.0 Å². The molecule has 0 aliphatic rings. The average Bonchev–Trinajstić information content (AvgIpc) is 3.03. The largest absolute Gasteiger partial charge is 0.395 e. The zero-order chi connectivity index (χ0) is 33.6. The van der Waals surface area contributed by atoms with Gasteiger partial charge in [0.2, 0.25) is 23.7 Å². The van der Waals surface area contributed by atoms with Crippen molar-refractivity contribution in [2.75, 3.05) is 61.6 Å². The zero-order valence-corrected chi connectivity index (χ0v) is 26.4. The third kappa shape index (κ3) is 10.4. The molecule has 3 aromatic rings. The molecule has 0 fully saturated rings. The Kier molecular flexibility index (Phi) is 13.2. The summed E-state index contributed by atoms with van der Waals surface area (Å²) in [6, 6.07) is 12.4. The summed E-state index contributed by atoms with van der Waals surface area (Å²) in [5.41, 5.74) is 7.36. The second-order valence-electron chi connectivity index (χ2n) is 10.5. The van der Waals surface area contributed by atoms with Crippen molar-refractivity contribution in [3.8, 4) is 0 Å². The number of nitrogens with two attached hydrogens (primary N) is 1. The van der Waals surface area contributed by atoms with Crippen LogP contribution in [0.25, 0.3) is 0 Å². The lowest BCUT2D eigenvalue weighted by Crippen LogP contribution is -2.42. The summed E-state index contributed by atoms with van der Waals surface area (Å²) in [6.45, 7) is 5.16. The number of aromatic nitrogens is 2. The highest BCUT2D eigenvalue weighted by Gasteiger charge is 2.21. The van der Waals surface area contributed by atoms with Gasteiger partial charge in [-0.2, -0.15) is 4.98 Å². The zero-order valence-electron chi connectivity index (χ0n) is 26.4. The quantitative estimate of drug-likeness (QED) is 0.128. The van der Waals surface area contributed by atoms with Crippen LogP contribution in [0, 0.1) is 0 Å². The van der Waals surface area contributed by atoms with Crippen molar-refractivity contribution >= 4 is 52.5 Å². The fourth-order valence-electron chi connectivity index (χ4n) is 4.03. The molecular weight excluding hydrogens is 590 g/mol. The Morgan fingerprint density at radius 1 is 1.02 bits per heavy atom. The number of rotatable bonds is 16. The van der Waals surface area contributed by atoms with E-state index in [4.69, 9.17) is 10.8 Å². The van der Waals surface area contributed by atoms with Gasteiger partial charge in [0.15, 0.2) is 0 Å². The third-order valence-corrected chi connectivity index (χ3v) is 6.86. The van der Waals surface area contributed by atoms with Gasteiger partial charge >= 0.3 is 0 Å². The van der Waals surface area contributed by atoms with Crippen molar-refractivity contribution < 1.29 is 24.3 Å². The molecule has 46 heavy (non-hydrogen) atoms. The number of likely N-dealkylation sites (N-methyl/N-ethyl adjacent to an activating group) is 2. The van der Waals surface area contributed by atoms with Gasteiger partial charge in [0.1, 0.15) is 17.4 Å². The third-order valence-electron chi connectivity index (χ3n) is 6.86. The Bertz CT molecular complexity index is 1550. The van der Waals surface area contributed by atoms with E-state index < -0.39 is 23.8 Å². The lowest BCUT2D eigenvalue weighted by Gasteiger charge is -2.23. The number of nitrogens with one attached hydrogen (secondary N) is 4. The minimum atomic E-state index is -0.775. The molecule has 2 aromatic carbocycles. The van der Waals surface area contributed by atoms with Crippen LogP contribution in [0.3, 0.4) is 0 Å². The lowest BCUT2D eigenvalue weighted by molar-refractivity contribution is -0.132. The normalized spacial score (nSPS) is 11.6. The van der Waals surface area contributed by atoms with Gasteiger partial charge in [0.25, 0.3) is 5.91 Å². The maximum Gasteiger partial charge on any atom is 0.260 e. The van der Waals surface area contributed by atoms with Gasteiger partial charge < -0.3 is 41.9 Å². The van der Waals surface area contributed by atoms with Gasteiger partial charge in [-0.05, 0) is 62.9 Å². The molecule has 0 unspecified atom stereocenters. The molecular formula is C32H41N9O5. The van der Waals surface area contributed by atoms with E-state index in [1.807, 2.05) is 18.9 Å². The van der Waals surface area contributed by atoms with Gasteiger partial charge in [0, 0.05) is 61.6 Å². The predicted octanol–water partition coefficient (Wildman–Crippen LogP) is 2.66. The fraction of sp³-hybridized carbons (Fsp3) is 0.312. The smallest absolute Gasteiger partial charge is 0.260 e. The van der Waals surface area contributed by atoms with Crippen LogP contribution in [0.15, 0.2) is 66.9 Å². The molecule has 14 nitrogen and oxygen atoms in total. The number of anilines is 5. The molecule has 14 heteroatoms. The molecule has 1 heterocycles. The maximum atomic E-state index is 13.3. The number of amides is 4. The molecule has 0 aliphatic heterocycles. The van der Waals surface area contributed by atoms with Crippen LogP contribution >= 0.6 is 0 Å². The van der Waals surface area contributed by atoms with E-state index in [-0.39, 0.29) is 24.0 Å². The number of hydrogen-bond acceptors (Lipinski definition) is 10. The van der Waals surface area contributed by atoms with Crippen LogP contribution in [-0.4, -0.2) is 94.9 Å². The predicted molar refractivity (Wildman–Crippen MR) is 178 cm³/mol. The van der Waals surface area contributed by atoms with E-state index in [1.165, 1.54) is 24.2 Å². The van der Waals surface area contributed by atoms with E-state index in [0.29, 0.717) is 48.1 Å². The molecule has 244 valence electrons. The Morgan fingerprint density at radius 3 is 2.37 bits per heavy atom. The Labute approximate surface area is 268 Å². The van der Waals surface area contributed by atoms with Gasteiger partial charge in [-0.1, -0.05) is 19.1 Å². The van der Waals surface area contributed by atoms with Crippen molar-refractivity contribution in [2.24, 2.45) is 5.73 Å². The van der Waals surface area contributed by atoms with Crippen LogP contribution in [0.5, 0.6) is 0 Å². The first-order chi connectivity index (χ1) is 22.0. The van der Waals surface area contributed by atoms with Crippen molar-refractivity contribution in [2.45, 2.75) is 26.3 Å². The van der Waals surface area contributed by atoms with E-state index in [9.17, 15) is 19.2 Å². The first kappa shape index (κ1) is 35.1. The van der Waals surface area contributed by atoms with E-state index >= 15 is 0 Å². The molecule has 0 saturated carbocycles. The molecule has 0 aliphatic carbocycles. The first-order valence-corrected chi connectivity index (χ1v) is 14.7. The Balaban J connectivity index is 1.66. The summed E-state index contributed by atoms with van der Waals surface area (Å²) >= 11 is 0. The molecule has 4 amide bonds. The molecule has 0 spiro atoms. The highest BCUT2D eigenvalue weighted by atomic mass is 16.3. The molecule has 3 rings (SSSR count). The van der Waals surface area contributed by atoms with Crippen LogP contribution in [-0.2, 0) is 9.59 Å². The molecule has 7 N–H and O–H groups in total. The number of aliphatic hydroxyl groups excluding tert-OH is 1. The average molecular weight is 632 g/mol. The fourth-order valence-corrected chi connectivity index (χ4v) is 4.03. The molecule has 0 saturated heterocycles. The minimum Gasteiger partial charge on any atom is -0.395 e. The topological polar surface area (TPSA) is 195 Å². The van der Waals surface area contributed by atoms with Crippen molar-refractivity contribution in [3.63, 3.8) is 0 Å². The number of aliphatic hydroxyl groups is 1. The maximum absolute atomic E-state index is 13.3. The van der Waals surface area contributed by atoms with Crippen molar-refractivity contribution in [3.05, 3.63) is 78.0 Å². The molecule has 0 radical (unpaired) electrons. The molecule has 0 bridgehead atoms. The summed E-state index contributed by atoms with van der Waals surface area (Å²) in [5, 5.41) is 20.8. The van der Waals surface area contributed by atoms with E-state index in [2.05, 4.69) is 31.2 Å². The summed E-state index contributed by atoms with van der Waals surface area (Å²) in [5.74, 6) is -1.17. The number of hydrogen-bond donors (Lipinski definition) is 6. The Morgan fingerprint density at radius 2 is 1.72 bits per heavy atom. The number of carbonyl (C=O) groups is 4. The highest BCUT2D eigenvalue weighted by molar-refractivity contribution is 6.08. The van der Waals surface area contributed by atoms with E-state index in [1.54, 1.807) is 61.5 Å². The summed E-state index contributed by atoms with van der Waals surface area (Å²) < 4.78 is 0. The van der Waals surface area contributed by atoms with Crippen molar-refractivity contribution in [1.29, 1.82) is 0 Å². The van der Waals surface area contributed by atoms with Gasteiger partial charge in [-0.25, -0.2) is 4.98 Å². The summed E-state index contributed by atoms with van der Waals surface area (Å²) in [6.07, 6.45) is 5.27. The summed E-state index contributed by atoms with van der Waals surface area (Å²) in [4.78, 5) is 62.0. The lowest BCUT2D eigenvalue weighted by atomic mass is 10.2. The monoisotopic (exact) mass is 631 g/mol. The van der Waals surface area contributed by atoms with Crippen LogP contribution in [0.1, 0.15) is 41.0 Å². The highest BCUT2D eigenvalue weighted by Crippen LogP contribution is 2.21. The second kappa shape index (κ2) is 17.2. The Hall–Kier alpha value is -5.34. The van der Waals surface area contributed by atoms with Gasteiger partial charge in [-0.3, -0.25) is 19.2 Å². The van der Waals surface area contributed by atoms with Crippen LogP contribution in [0.2, 0.25) is 0 Å². The summed E-state index contributed by atoms with van der Waals surface area (Å²) in [7, 11) is 3.36. The van der Waals surface area contributed by atoms with Gasteiger partial charge in [0.05, 0.1) is 6.61 Å². The van der Waals surface area contributed by atoms with E-state index in [0.717, 1.165) is 6.42 Å². The first-order valence-electron chi connectivity index (χ1n) is 14.7.